The van der Waals surface area contributed by atoms with Crippen molar-refractivity contribution in [3.63, 3.8) is 0 Å². The number of benzene rings is 2. The summed E-state index contributed by atoms with van der Waals surface area (Å²) in [6.45, 7) is 1.98. The van der Waals surface area contributed by atoms with Crippen molar-refractivity contribution in [1.29, 1.82) is 0 Å². The van der Waals surface area contributed by atoms with E-state index in [1.165, 1.54) is 0 Å². The molecule has 0 saturated carbocycles. The first-order chi connectivity index (χ1) is 18.5. The van der Waals surface area contributed by atoms with Crippen LogP contribution >= 0.6 is 0 Å². The molecule has 38 heavy (non-hydrogen) atoms. The maximum atomic E-state index is 13.0. The molecule has 0 radical (unpaired) electrons. The van der Waals surface area contributed by atoms with E-state index in [2.05, 4.69) is 37.5 Å². The third kappa shape index (κ3) is 4.56. The van der Waals surface area contributed by atoms with Crippen molar-refractivity contribution in [1.82, 2.24) is 24.1 Å². The fourth-order valence-electron chi connectivity index (χ4n) is 4.22. The number of carbonyl (C=O) groups is 1. The Morgan fingerprint density at radius 3 is 2.74 bits per heavy atom. The standard InChI is InChI=1S/C30H23N7O/c1-20-7-8-23(30(38)35-24-11-9-21-5-3-13-31-28(21)16-24)15-22(20)10-12-26-18-32-29-27(6-4-14-37(26)29)34-25-17-33-36(2)19-25/h3-9,11,13-19,34H,1-2H3,(H,35,38). The quantitative estimate of drug-likeness (QED) is 0.322. The lowest BCUT2D eigenvalue weighted by atomic mass is 10.0. The molecule has 0 spiro atoms. The van der Waals surface area contributed by atoms with Crippen LogP contribution in [0.3, 0.4) is 0 Å². The van der Waals surface area contributed by atoms with Gasteiger partial charge in [0.15, 0.2) is 5.65 Å². The van der Waals surface area contributed by atoms with Crippen molar-refractivity contribution in [3.05, 3.63) is 114 Å². The molecule has 6 aromatic rings. The Morgan fingerprint density at radius 1 is 0.947 bits per heavy atom. The summed E-state index contributed by atoms with van der Waals surface area (Å²) in [4.78, 5) is 21.9. The molecule has 1 amide bonds. The largest absolute Gasteiger partial charge is 0.350 e. The number of fused-ring (bicyclic) bond motifs is 2. The molecule has 6 rings (SSSR count). The third-order valence-corrected chi connectivity index (χ3v) is 6.21. The number of imidazole rings is 1. The number of anilines is 3. The number of aryl methyl sites for hydroxylation is 2. The van der Waals surface area contributed by atoms with Gasteiger partial charge in [-0.2, -0.15) is 5.10 Å². The molecule has 2 aromatic carbocycles. The highest BCUT2D eigenvalue weighted by atomic mass is 16.1. The van der Waals surface area contributed by atoms with E-state index in [0.29, 0.717) is 11.3 Å². The predicted octanol–water partition coefficient (Wildman–Crippen LogP) is 5.32. The first-order valence-corrected chi connectivity index (χ1v) is 12.0. The van der Waals surface area contributed by atoms with E-state index in [1.54, 1.807) is 29.3 Å². The summed E-state index contributed by atoms with van der Waals surface area (Å²) in [7, 11) is 1.87. The number of pyridine rings is 2. The first kappa shape index (κ1) is 23.0. The second-order valence-electron chi connectivity index (χ2n) is 8.93. The Bertz CT molecular complexity index is 1890. The summed E-state index contributed by atoms with van der Waals surface area (Å²) in [6.07, 6.45) is 9.07. The van der Waals surface area contributed by atoms with Crippen molar-refractivity contribution in [2.24, 2.45) is 7.05 Å². The minimum atomic E-state index is -0.204. The Morgan fingerprint density at radius 2 is 1.87 bits per heavy atom. The number of carbonyl (C=O) groups excluding carboxylic acids is 1. The molecule has 8 nitrogen and oxygen atoms in total. The molecule has 0 saturated heterocycles. The van der Waals surface area contributed by atoms with Gasteiger partial charge in [-0.1, -0.05) is 24.1 Å². The highest BCUT2D eigenvalue weighted by molar-refractivity contribution is 6.05. The lowest BCUT2D eigenvalue weighted by molar-refractivity contribution is 0.102. The zero-order valence-corrected chi connectivity index (χ0v) is 20.8. The number of aromatic nitrogens is 5. The van der Waals surface area contributed by atoms with Crippen LogP contribution in [-0.4, -0.2) is 30.1 Å². The van der Waals surface area contributed by atoms with E-state index < -0.39 is 0 Å². The van der Waals surface area contributed by atoms with Gasteiger partial charge in [0.25, 0.3) is 5.91 Å². The number of rotatable bonds is 4. The van der Waals surface area contributed by atoms with Crippen LogP contribution in [0.2, 0.25) is 0 Å². The van der Waals surface area contributed by atoms with Crippen LogP contribution < -0.4 is 10.6 Å². The highest BCUT2D eigenvalue weighted by Gasteiger charge is 2.10. The van der Waals surface area contributed by atoms with Gasteiger partial charge in [-0.3, -0.25) is 18.9 Å². The lowest BCUT2D eigenvalue weighted by Gasteiger charge is -2.08. The molecule has 0 aliphatic heterocycles. The predicted molar refractivity (Wildman–Crippen MR) is 149 cm³/mol. The van der Waals surface area contributed by atoms with Crippen molar-refractivity contribution in [2.75, 3.05) is 10.6 Å². The number of hydrogen-bond acceptors (Lipinski definition) is 5. The van der Waals surface area contributed by atoms with E-state index in [-0.39, 0.29) is 5.91 Å². The molecule has 4 heterocycles. The topological polar surface area (TPSA) is 89.1 Å². The van der Waals surface area contributed by atoms with Crippen molar-refractivity contribution >= 4 is 39.5 Å². The summed E-state index contributed by atoms with van der Waals surface area (Å²) in [5.74, 6) is 6.25. The van der Waals surface area contributed by atoms with Crippen LogP contribution in [0, 0.1) is 18.8 Å². The summed E-state index contributed by atoms with van der Waals surface area (Å²) in [5.41, 5.74) is 7.04. The Kier molecular flexibility index (Phi) is 5.79. The Labute approximate surface area is 219 Å². The minimum absolute atomic E-state index is 0.204. The van der Waals surface area contributed by atoms with Crippen LogP contribution in [0.5, 0.6) is 0 Å². The van der Waals surface area contributed by atoms with E-state index in [0.717, 1.165) is 44.7 Å². The molecule has 4 aromatic heterocycles. The summed E-state index contributed by atoms with van der Waals surface area (Å²) >= 11 is 0. The van der Waals surface area contributed by atoms with Gasteiger partial charge in [-0.15, -0.1) is 0 Å². The van der Waals surface area contributed by atoms with Crippen molar-refractivity contribution in [2.45, 2.75) is 6.92 Å². The fraction of sp³-hybridized carbons (Fsp3) is 0.0667. The van der Waals surface area contributed by atoms with Gasteiger partial charge in [-0.25, -0.2) is 4.98 Å². The average Bonchev–Trinajstić information content (AvgIpc) is 3.54. The molecule has 0 aliphatic carbocycles. The van der Waals surface area contributed by atoms with E-state index in [4.69, 9.17) is 0 Å². The van der Waals surface area contributed by atoms with Gasteiger partial charge >= 0.3 is 0 Å². The lowest BCUT2D eigenvalue weighted by Crippen LogP contribution is -2.12. The SMILES string of the molecule is Cc1ccc(C(=O)Nc2ccc3cccnc3c2)cc1C#Cc1cnc2c(Nc3cnn(C)c3)cccn12. The summed E-state index contributed by atoms with van der Waals surface area (Å²) in [6, 6.07) is 19.0. The van der Waals surface area contributed by atoms with E-state index in [9.17, 15) is 4.79 Å². The van der Waals surface area contributed by atoms with Crippen LogP contribution in [-0.2, 0) is 7.05 Å². The zero-order chi connectivity index (χ0) is 26.1. The van der Waals surface area contributed by atoms with Gasteiger partial charge in [0.2, 0.25) is 0 Å². The smallest absolute Gasteiger partial charge is 0.255 e. The summed E-state index contributed by atoms with van der Waals surface area (Å²) < 4.78 is 3.67. The molecular formula is C30H23N7O. The molecule has 0 unspecified atom stereocenters. The first-order valence-electron chi connectivity index (χ1n) is 12.0. The Balaban J connectivity index is 1.25. The molecule has 0 aliphatic rings. The van der Waals surface area contributed by atoms with Crippen LogP contribution in [0.1, 0.15) is 27.2 Å². The molecule has 0 bridgehead atoms. The maximum absolute atomic E-state index is 13.0. The minimum Gasteiger partial charge on any atom is -0.350 e. The molecule has 2 N–H and O–H groups in total. The fourth-order valence-corrected chi connectivity index (χ4v) is 4.22. The number of nitrogens with one attached hydrogen (secondary N) is 2. The van der Waals surface area contributed by atoms with E-state index >= 15 is 0 Å². The number of hydrogen-bond donors (Lipinski definition) is 2. The molecule has 0 atom stereocenters. The van der Waals surface area contributed by atoms with Gasteiger partial charge in [-0.05, 0) is 60.9 Å². The average molecular weight is 498 g/mol. The molecule has 0 fully saturated rings. The second kappa shape index (κ2) is 9.56. The molecular weight excluding hydrogens is 474 g/mol. The van der Waals surface area contributed by atoms with Crippen LogP contribution in [0.4, 0.5) is 17.1 Å². The number of amides is 1. The van der Waals surface area contributed by atoms with Crippen LogP contribution in [0.15, 0.2) is 91.6 Å². The molecule has 8 heteroatoms. The zero-order valence-electron chi connectivity index (χ0n) is 20.8. The second-order valence-corrected chi connectivity index (χ2v) is 8.93. The molecule has 184 valence electrons. The maximum Gasteiger partial charge on any atom is 0.255 e. The van der Waals surface area contributed by atoms with Gasteiger partial charge < -0.3 is 10.6 Å². The normalized spacial score (nSPS) is 10.8. The van der Waals surface area contributed by atoms with Crippen molar-refractivity contribution in [3.8, 4) is 11.8 Å². The monoisotopic (exact) mass is 497 g/mol. The van der Waals surface area contributed by atoms with E-state index in [1.807, 2.05) is 85.4 Å². The van der Waals surface area contributed by atoms with Gasteiger partial charge in [0, 0.05) is 47.8 Å². The van der Waals surface area contributed by atoms with Gasteiger partial charge in [0.05, 0.1) is 29.3 Å². The van der Waals surface area contributed by atoms with Crippen LogP contribution in [0.25, 0.3) is 16.6 Å². The third-order valence-electron chi connectivity index (χ3n) is 6.21. The number of nitrogens with zero attached hydrogens (tertiary/aromatic N) is 5. The Hall–Kier alpha value is -5.42. The highest BCUT2D eigenvalue weighted by Crippen LogP contribution is 2.22. The summed E-state index contributed by atoms with van der Waals surface area (Å²) in [5, 5.41) is 11.5. The van der Waals surface area contributed by atoms with Gasteiger partial charge in [0.1, 0.15) is 5.69 Å². The van der Waals surface area contributed by atoms with Crippen molar-refractivity contribution < 1.29 is 4.79 Å².